The van der Waals surface area contributed by atoms with Crippen LogP contribution in [0.4, 0.5) is 0 Å². The van der Waals surface area contributed by atoms with Gasteiger partial charge in [0.15, 0.2) is 0 Å². The Labute approximate surface area is 77.3 Å². The van der Waals surface area contributed by atoms with Gasteiger partial charge >= 0.3 is 0 Å². The number of nitrogens with two attached hydrogens (primary N) is 1. The molecule has 2 heteroatoms. The molecule has 0 saturated carbocycles. The van der Waals surface area contributed by atoms with Crippen molar-refractivity contribution in [3.8, 4) is 0 Å². The fraction of sp³-hybridized carbons (Fsp3) is 0.400. The van der Waals surface area contributed by atoms with Crippen molar-refractivity contribution in [1.29, 1.82) is 0 Å². The predicted octanol–water partition coefficient (Wildman–Crippen LogP) is 2.35. The molecule has 0 bridgehead atoms. The molecule has 1 aromatic carbocycles. The van der Waals surface area contributed by atoms with Crippen molar-refractivity contribution in [2.24, 2.45) is 5.73 Å². The van der Waals surface area contributed by atoms with E-state index >= 15 is 0 Å². The maximum absolute atomic E-state index is 5.93. The summed E-state index contributed by atoms with van der Waals surface area (Å²) in [4.78, 5) is 1.35. The Balaban J connectivity index is 2.41. The topological polar surface area (TPSA) is 26.0 Å². The van der Waals surface area contributed by atoms with Crippen molar-refractivity contribution in [2.45, 2.75) is 23.8 Å². The lowest BCUT2D eigenvalue weighted by Crippen LogP contribution is -2.04. The van der Waals surface area contributed by atoms with Gasteiger partial charge in [0.2, 0.25) is 0 Å². The van der Waals surface area contributed by atoms with Crippen LogP contribution in [0.2, 0.25) is 0 Å². The first-order valence-electron chi connectivity index (χ1n) is 4.23. The van der Waals surface area contributed by atoms with E-state index in [-0.39, 0.29) is 6.04 Å². The molecule has 0 amide bonds. The fourth-order valence-electron chi connectivity index (χ4n) is 1.75. The number of aryl methyl sites for hydroxylation is 1. The fourth-order valence-corrected chi connectivity index (χ4v) is 2.22. The quantitative estimate of drug-likeness (QED) is 0.670. The third-order valence-electron chi connectivity index (χ3n) is 2.47. The van der Waals surface area contributed by atoms with Gasteiger partial charge in [-0.1, -0.05) is 6.07 Å². The van der Waals surface area contributed by atoms with E-state index in [9.17, 15) is 0 Å². The number of fused-ring (bicyclic) bond motifs is 1. The van der Waals surface area contributed by atoms with Crippen LogP contribution in [0.1, 0.15) is 23.6 Å². The van der Waals surface area contributed by atoms with E-state index in [1.807, 2.05) is 0 Å². The van der Waals surface area contributed by atoms with E-state index < -0.39 is 0 Å². The standard InChI is InChI=1S/C10H13NS/c1-12-8-3-4-9-7(6-8)2-5-10(9)11/h3-4,6,10H,2,5,11H2,1H3/t10-/m1/s1. The lowest BCUT2D eigenvalue weighted by Gasteiger charge is -2.04. The molecule has 0 spiro atoms. The maximum Gasteiger partial charge on any atom is 0.0300 e. The minimum atomic E-state index is 0.288. The van der Waals surface area contributed by atoms with Gasteiger partial charge < -0.3 is 5.73 Å². The molecule has 0 saturated heterocycles. The molecule has 0 unspecified atom stereocenters. The molecule has 2 rings (SSSR count). The first kappa shape index (κ1) is 8.14. The van der Waals surface area contributed by atoms with Crippen molar-refractivity contribution < 1.29 is 0 Å². The van der Waals surface area contributed by atoms with E-state index in [1.165, 1.54) is 16.0 Å². The summed E-state index contributed by atoms with van der Waals surface area (Å²) in [6, 6.07) is 6.90. The molecule has 0 radical (unpaired) electrons. The predicted molar refractivity (Wildman–Crippen MR) is 53.5 cm³/mol. The Hall–Kier alpha value is -0.470. The van der Waals surface area contributed by atoms with Gasteiger partial charge in [-0.15, -0.1) is 11.8 Å². The summed E-state index contributed by atoms with van der Waals surface area (Å²) in [7, 11) is 0. The van der Waals surface area contributed by atoms with Gasteiger partial charge in [-0.2, -0.15) is 0 Å². The largest absolute Gasteiger partial charge is 0.324 e. The molecule has 2 N–H and O–H groups in total. The maximum atomic E-state index is 5.93. The van der Waals surface area contributed by atoms with Gasteiger partial charge in [-0.25, -0.2) is 0 Å². The molecule has 12 heavy (non-hydrogen) atoms. The van der Waals surface area contributed by atoms with Crippen LogP contribution in [-0.2, 0) is 6.42 Å². The zero-order valence-electron chi connectivity index (χ0n) is 7.21. The summed E-state index contributed by atoms with van der Waals surface area (Å²) in [5, 5.41) is 0. The summed E-state index contributed by atoms with van der Waals surface area (Å²) < 4.78 is 0. The van der Waals surface area contributed by atoms with Crippen LogP contribution in [0.3, 0.4) is 0 Å². The molecular formula is C10H13NS. The highest BCUT2D eigenvalue weighted by Crippen LogP contribution is 2.31. The first-order valence-corrected chi connectivity index (χ1v) is 5.46. The first-order chi connectivity index (χ1) is 5.81. The number of hydrogen-bond acceptors (Lipinski definition) is 2. The highest BCUT2D eigenvalue weighted by Gasteiger charge is 2.18. The Morgan fingerprint density at radius 1 is 1.50 bits per heavy atom. The van der Waals surface area contributed by atoms with Crippen molar-refractivity contribution in [3.05, 3.63) is 29.3 Å². The molecule has 0 aromatic heterocycles. The highest BCUT2D eigenvalue weighted by molar-refractivity contribution is 7.98. The van der Waals surface area contributed by atoms with Gasteiger partial charge in [-0.3, -0.25) is 0 Å². The van der Waals surface area contributed by atoms with E-state index in [4.69, 9.17) is 5.73 Å². The SMILES string of the molecule is CSc1ccc2c(c1)CC[C@H]2N. The van der Waals surface area contributed by atoms with Gasteiger partial charge in [0.1, 0.15) is 0 Å². The van der Waals surface area contributed by atoms with Crippen LogP contribution < -0.4 is 5.73 Å². The molecule has 1 atom stereocenters. The summed E-state index contributed by atoms with van der Waals surface area (Å²) in [6.07, 6.45) is 4.38. The molecule has 1 nitrogen and oxygen atoms in total. The lowest BCUT2D eigenvalue weighted by atomic mass is 10.1. The number of thioether (sulfide) groups is 1. The van der Waals surface area contributed by atoms with Gasteiger partial charge in [-0.05, 0) is 42.4 Å². The van der Waals surface area contributed by atoms with Crippen LogP contribution in [0.15, 0.2) is 23.1 Å². The molecule has 0 aliphatic heterocycles. The molecule has 1 aromatic rings. The third kappa shape index (κ3) is 1.25. The van der Waals surface area contributed by atoms with Crippen LogP contribution in [0.5, 0.6) is 0 Å². The zero-order chi connectivity index (χ0) is 8.55. The van der Waals surface area contributed by atoms with Crippen molar-refractivity contribution >= 4 is 11.8 Å². The molecule has 64 valence electrons. The monoisotopic (exact) mass is 179 g/mol. The second-order valence-corrected chi connectivity index (χ2v) is 4.09. The lowest BCUT2D eigenvalue weighted by molar-refractivity contribution is 0.713. The summed E-state index contributed by atoms with van der Waals surface area (Å²) in [5.74, 6) is 0. The molecule has 0 heterocycles. The summed E-state index contributed by atoms with van der Waals surface area (Å²) in [5.41, 5.74) is 8.74. The van der Waals surface area contributed by atoms with E-state index in [1.54, 1.807) is 11.8 Å². The number of rotatable bonds is 1. The normalized spacial score (nSPS) is 21.0. The Kier molecular flexibility index (Phi) is 2.11. The minimum Gasteiger partial charge on any atom is -0.324 e. The summed E-state index contributed by atoms with van der Waals surface area (Å²) in [6.45, 7) is 0. The number of hydrogen-bond donors (Lipinski definition) is 1. The van der Waals surface area contributed by atoms with Gasteiger partial charge in [0.05, 0.1) is 0 Å². The smallest absolute Gasteiger partial charge is 0.0300 e. The van der Waals surface area contributed by atoms with Crippen molar-refractivity contribution in [2.75, 3.05) is 6.26 Å². The second kappa shape index (κ2) is 3.11. The number of benzene rings is 1. The Morgan fingerprint density at radius 2 is 2.33 bits per heavy atom. The second-order valence-electron chi connectivity index (χ2n) is 3.21. The van der Waals surface area contributed by atoms with E-state index in [0.29, 0.717) is 0 Å². The Morgan fingerprint density at radius 3 is 3.08 bits per heavy atom. The molecule has 1 aliphatic rings. The average molecular weight is 179 g/mol. The van der Waals surface area contributed by atoms with Gasteiger partial charge in [0, 0.05) is 10.9 Å². The third-order valence-corrected chi connectivity index (χ3v) is 3.20. The minimum absolute atomic E-state index is 0.288. The average Bonchev–Trinajstić information content (AvgIpc) is 2.47. The van der Waals surface area contributed by atoms with Crippen LogP contribution in [0.25, 0.3) is 0 Å². The van der Waals surface area contributed by atoms with Crippen LogP contribution >= 0.6 is 11.8 Å². The zero-order valence-corrected chi connectivity index (χ0v) is 8.03. The highest BCUT2D eigenvalue weighted by atomic mass is 32.2. The molecular weight excluding hydrogens is 166 g/mol. The van der Waals surface area contributed by atoms with Crippen molar-refractivity contribution in [1.82, 2.24) is 0 Å². The molecule has 1 aliphatic carbocycles. The summed E-state index contributed by atoms with van der Waals surface area (Å²) >= 11 is 1.80. The Bertz CT molecular complexity index is 296. The van der Waals surface area contributed by atoms with Crippen molar-refractivity contribution in [3.63, 3.8) is 0 Å². The van der Waals surface area contributed by atoms with Gasteiger partial charge in [0.25, 0.3) is 0 Å². The van der Waals surface area contributed by atoms with E-state index in [0.717, 1.165) is 12.8 Å². The van der Waals surface area contributed by atoms with Crippen LogP contribution in [0, 0.1) is 0 Å². The van der Waals surface area contributed by atoms with Crippen LogP contribution in [-0.4, -0.2) is 6.26 Å². The molecule has 0 fully saturated rings. The van der Waals surface area contributed by atoms with E-state index in [2.05, 4.69) is 24.5 Å².